The van der Waals surface area contributed by atoms with Crippen LogP contribution in [-0.4, -0.2) is 29.6 Å². The van der Waals surface area contributed by atoms with E-state index >= 15 is 0 Å². The first-order valence-electron chi connectivity index (χ1n) is 9.53. The second-order valence-corrected chi connectivity index (χ2v) is 7.43. The highest BCUT2D eigenvalue weighted by molar-refractivity contribution is 7.80. The Balaban J connectivity index is 1.75. The van der Waals surface area contributed by atoms with Crippen molar-refractivity contribution in [1.82, 2.24) is 10.3 Å². The zero-order valence-electron chi connectivity index (χ0n) is 15.7. The molecule has 1 aromatic heterocycles. The fraction of sp³-hybridized carbons (Fsp3) is 0.409. The molecule has 3 rings (SSSR count). The van der Waals surface area contributed by atoms with Gasteiger partial charge in [-0.15, -0.1) is 0 Å². The van der Waals surface area contributed by atoms with Crippen LogP contribution in [0.25, 0.3) is 0 Å². The Kier molecular flexibility index (Phi) is 6.56. The summed E-state index contributed by atoms with van der Waals surface area (Å²) in [6.45, 7) is 0.396. The Morgan fingerprint density at radius 1 is 1.26 bits per heavy atom. The number of carbonyl (C=O) groups excluding carboxylic acids is 1. The summed E-state index contributed by atoms with van der Waals surface area (Å²) < 4.78 is 5.56. The lowest BCUT2D eigenvalue weighted by molar-refractivity contribution is 0.0458. The van der Waals surface area contributed by atoms with Crippen molar-refractivity contribution in [3.63, 3.8) is 0 Å². The number of aromatic nitrogens is 1. The number of thiocarbonyl (C=S) groups is 1. The molecule has 0 aliphatic heterocycles. The number of hydrogen-bond acceptors (Lipinski definition) is 4. The van der Waals surface area contributed by atoms with Gasteiger partial charge in [0.05, 0.1) is 17.2 Å². The van der Waals surface area contributed by atoms with Gasteiger partial charge in [-0.3, -0.25) is 4.98 Å². The van der Waals surface area contributed by atoms with Crippen LogP contribution in [0.1, 0.15) is 48.0 Å². The summed E-state index contributed by atoms with van der Waals surface area (Å²) in [5.74, 6) is 0.0496. The highest BCUT2D eigenvalue weighted by Gasteiger charge is 2.45. The van der Waals surface area contributed by atoms with Gasteiger partial charge >= 0.3 is 5.97 Å². The van der Waals surface area contributed by atoms with Crippen molar-refractivity contribution in [2.45, 2.75) is 37.5 Å². The van der Waals surface area contributed by atoms with Gasteiger partial charge in [-0.1, -0.05) is 49.3 Å². The van der Waals surface area contributed by atoms with E-state index in [2.05, 4.69) is 16.4 Å². The van der Waals surface area contributed by atoms with E-state index in [1.165, 1.54) is 6.42 Å². The molecule has 1 aliphatic rings. The highest BCUT2D eigenvalue weighted by atomic mass is 32.1. The van der Waals surface area contributed by atoms with Gasteiger partial charge in [-0.25, -0.2) is 4.79 Å². The minimum absolute atomic E-state index is 0.240. The van der Waals surface area contributed by atoms with E-state index in [0.717, 1.165) is 36.2 Å². The third kappa shape index (κ3) is 4.19. The van der Waals surface area contributed by atoms with Crippen LogP contribution in [-0.2, 0) is 10.2 Å². The van der Waals surface area contributed by atoms with Crippen LogP contribution in [0.5, 0.6) is 0 Å². The van der Waals surface area contributed by atoms with Gasteiger partial charge in [0.25, 0.3) is 0 Å². The molecule has 2 atom stereocenters. The molecule has 1 fully saturated rings. The third-order valence-electron chi connectivity index (χ3n) is 5.59. The summed E-state index contributed by atoms with van der Waals surface area (Å²) in [6.07, 6.45) is 8.88. The Labute approximate surface area is 166 Å². The van der Waals surface area contributed by atoms with Crippen LogP contribution < -0.4 is 5.32 Å². The van der Waals surface area contributed by atoms with Crippen LogP contribution in [0.3, 0.4) is 0 Å². The van der Waals surface area contributed by atoms with Crippen LogP contribution >= 0.6 is 12.2 Å². The molecular formula is C22H26N2O2S. The molecule has 1 aliphatic carbocycles. The molecule has 1 N–H and O–H groups in total. The molecule has 0 bridgehead atoms. The number of ether oxygens (including phenoxy) is 1. The van der Waals surface area contributed by atoms with Crippen molar-refractivity contribution in [2.24, 2.45) is 5.92 Å². The lowest BCUT2D eigenvalue weighted by Crippen LogP contribution is -2.49. The van der Waals surface area contributed by atoms with Gasteiger partial charge in [-0.2, -0.15) is 0 Å². The molecule has 0 spiro atoms. The molecule has 0 radical (unpaired) electrons. The molecule has 0 saturated heterocycles. The quantitative estimate of drug-likeness (QED) is 0.596. The van der Waals surface area contributed by atoms with Crippen molar-refractivity contribution in [2.75, 3.05) is 13.7 Å². The Bertz CT molecular complexity index is 766. The van der Waals surface area contributed by atoms with Crippen molar-refractivity contribution in [3.05, 3.63) is 66.0 Å². The Hall–Kier alpha value is -2.27. The Morgan fingerprint density at radius 3 is 2.78 bits per heavy atom. The second kappa shape index (κ2) is 9.09. The SMILES string of the molecule is CNC(=S)[C@]1(c2cccnc2)CCCC[C@H]1CCOC(=O)c1ccccc1. The maximum absolute atomic E-state index is 12.2. The molecule has 5 heteroatoms. The summed E-state index contributed by atoms with van der Waals surface area (Å²) >= 11 is 5.78. The van der Waals surface area contributed by atoms with Crippen molar-refractivity contribution >= 4 is 23.2 Å². The van der Waals surface area contributed by atoms with Gasteiger partial charge in [0.15, 0.2) is 0 Å². The van der Waals surface area contributed by atoms with E-state index in [1.54, 1.807) is 18.3 Å². The zero-order chi connectivity index (χ0) is 19.1. The van der Waals surface area contributed by atoms with Crippen molar-refractivity contribution in [3.8, 4) is 0 Å². The number of benzene rings is 1. The van der Waals surface area contributed by atoms with Gasteiger partial charge in [-0.05, 0) is 48.9 Å². The smallest absolute Gasteiger partial charge is 0.338 e. The monoisotopic (exact) mass is 382 g/mol. The lowest BCUT2D eigenvalue weighted by Gasteiger charge is -2.45. The fourth-order valence-electron chi connectivity index (χ4n) is 4.25. The number of likely N-dealkylation sites (N-methyl/N-ethyl adjacent to an activating group) is 1. The summed E-state index contributed by atoms with van der Waals surface area (Å²) in [5.41, 5.74) is 1.50. The van der Waals surface area contributed by atoms with Gasteiger partial charge in [0.1, 0.15) is 0 Å². The van der Waals surface area contributed by atoms with Crippen LogP contribution in [0.4, 0.5) is 0 Å². The third-order valence-corrected chi connectivity index (χ3v) is 6.16. The van der Waals surface area contributed by atoms with Gasteiger partial charge < -0.3 is 10.1 Å². The van der Waals surface area contributed by atoms with E-state index in [-0.39, 0.29) is 11.4 Å². The predicted molar refractivity (Wildman–Crippen MR) is 111 cm³/mol. The number of nitrogens with zero attached hydrogens (tertiary/aromatic N) is 1. The second-order valence-electron chi connectivity index (χ2n) is 7.03. The number of rotatable bonds is 6. The normalized spacial score (nSPS) is 22.0. The number of carbonyl (C=O) groups is 1. The van der Waals surface area contributed by atoms with Gasteiger partial charge in [0.2, 0.25) is 0 Å². The molecule has 0 unspecified atom stereocenters. The van der Waals surface area contributed by atoms with E-state index in [4.69, 9.17) is 17.0 Å². The summed E-state index contributed by atoms with van der Waals surface area (Å²) in [6, 6.07) is 13.2. The topological polar surface area (TPSA) is 51.2 Å². The van der Waals surface area contributed by atoms with Crippen molar-refractivity contribution in [1.29, 1.82) is 0 Å². The maximum Gasteiger partial charge on any atom is 0.338 e. The fourth-order valence-corrected chi connectivity index (χ4v) is 4.63. The largest absolute Gasteiger partial charge is 0.462 e. The molecule has 2 aromatic rings. The van der Waals surface area contributed by atoms with Gasteiger partial charge in [0, 0.05) is 24.9 Å². The maximum atomic E-state index is 12.2. The zero-order valence-corrected chi connectivity index (χ0v) is 16.5. The Morgan fingerprint density at radius 2 is 2.07 bits per heavy atom. The van der Waals surface area contributed by atoms with E-state index in [1.807, 2.05) is 37.5 Å². The van der Waals surface area contributed by atoms with Crippen LogP contribution in [0.2, 0.25) is 0 Å². The summed E-state index contributed by atoms with van der Waals surface area (Å²) in [4.78, 5) is 17.4. The number of nitrogens with one attached hydrogen (secondary N) is 1. The number of esters is 1. The average molecular weight is 383 g/mol. The minimum Gasteiger partial charge on any atom is -0.462 e. The minimum atomic E-state index is -0.269. The predicted octanol–water partition coefficient (Wildman–Crippen LogP) is 4.30. The summed E-state index contributed by atoms with van der Waals surface area (Å²) in [5, 5.41) is 3.22. The first-order chi connectivity index (χ1) is 13.2. The van der Waals surface area contributed by atoms with E-state index in [0.29, 0.717) is 18.1 Å². The lowest BCUT2D eigenvalue weighted by atomic mass is 9.61. The molecule has 1 heterocycles. The standard InChI is InChI=1S/C22H26N2O2S/c1-23-21(27)22(19-11-7-14-24-16-19)13-6-5-10-18(22)12-15-26-20(25)17-8-3-2-4-9-17/h2-4,7-9,11,14,16,18H,5-6,10,12-13,15H2,1H3,(H,23,27)/t18-,22+/m0/s1. The van der Waals surface area contributed by atoms with Crippen LogP contribution in [0.15, 0.2) is 54.9 Å². The number of pyridine rings is 1. The molecule has 0 amide bonds. The first kappa shape index (κ1) is 19.5. The molecule has 4 nitrogen and oxygen atoms in total. The average Bonchev–Trinajstić information content (AvgIpc) is 2.74. The molecule has 27 heavy (non-hydrogen) atoms. The van der Waals surface area contributed by atoms with E-state index < -0.39 is 0 Å². The van der Waals surface area contributed by atoms with Crippen LogP contribution in [0, 0.1) is 5.92 Å². The molecule has 1 saturated carbocycles. The molecule has 1 aromatic carbocycles. The molecule has 142 valence electrons. The first-order valence-corrected chi connectivity index (χ1v) is 9.94. The summed E-state index contributed by atoms with van der Waals surface area (Å²) in [7, 11) is 1.89. The highest BCUT2D eigenvalue weighted by Crippen LogP contribution is 2.46. The molecular weight excluding hydrogens is 356 g/mol. The number of hydrogen-bond donors (Lipinski definition) is 1. The van der Waals surface area contributed by atoms with Crippen molar-refractivity contribution < 1.29 is 9.53 Å². The van der Waals surface area contributed by atoms with E-state index in [9.17, 15) is 4.79 Å².